The number of carbonyl (C=O) groups is 1. The highest BCUT2D eigenvalue weighted by Gasteiger charge is 2.12. The Bertz CT molecular complexity index is 697. The molecule has 1 aliphatic heterocycles. The highest BCUT2D eigenvalue weighted by molar-refractivity contribution is 5.92. The van der Waals surface area contributed by atoms with Crippen molar-refractivity contribution in [3.8, 4) is 0 Å². The molecule has 1 aromatic carbocycles. The van der Waals surface area contributed by atoms with Crippen molar-refractivity contribution in [2.45, 2.75) is 19.3 Å². The van der Waals surface area contributed by atoms with Crippen LogP contribution in [0.2, 0.25) is 0 Å². The number of amides is 1. The SMILES string of the molecule is COCCCNC(=O)c1ccc(Nc2ccc(N3CCCC3)cc2)nn1. The first kappa shape index (κ1) is 18.1. The van der Waals surface area contributed by atoms with Crippen molar-refractivity contribution in [3.05, 3.63) is 42.1 Å². The van der Waals surface area contributed by atoms with Crippen LogP contribution in [0.3, 0.4) is 0 Å². The van der Waals surface area contributed by atoms with Gasteiger partial charge < -0.3 is 20.3 Å². The number of aromatic nitrogens is 2. The number of hydrogen-bond donors (Lipinski definition) is 2. The van der Waals surface area contributed by atoms with E-state index in [-0.39, 0.29) is 5.91 Å². The standard InChI is InChI=1S/C19H25N5O2/c1-26-14-4-11-20-19(25)17-9-10-18(23-22-17)21-15-5-7-16(8-6-15)24-12-2-3-13-24/h5-10H,2-4,11-14H2,1H3,(H,20,25)(H,21,23). The van der Waals surface area contributed by atoms with Crippen LogP contribution < -0.4 is 15.5 Å². The Labute approximate surface area is 153 Å². The number of benzene rings is 1. The second-order valence-corrected chi connectivity index (χ2v) is 6.27. The lowest BCUT2D eigenvalue weighted by Crippen LogP contribution is -2.26. The number of methoxy groups -OCH3 is 1. The van der Waals surface area contributed by atoms with Crippen molar-refractivity contribution in [2.24, 2.45) is 0 Å². The first-order valence-electron chi connectivity index (χ1n) is 8.99. The van der Waals surface area contributed by atoms with E-state index >= 15 is 0 Å². The van der Waals surface area contributed by atoms with Crippen LogP contribution in [0.25, 0.3) is 0 Å². The zero-order valence-corrected chi connectivity index (χ0v) is 15.1. The fourth-order valence-electron chi connectivity index (χ4n) is 2.91. The summed E-state index contributed by atoms with van der Waals surface area (Å²) in [5.74, 6) is 0.380. The van der Waals surface area contributed by atoms with E-state index in [1.807, 2.05) is 12.1 Å². The van der Waals surface area contributed by atoms with Gasteiger partial charge in [-0.05, 0) is 55.7 Å². The van der Waals surface area contributed by atoms with E-state index in [4.69, 9.17) is 4.74 Å². The summed E-state index contributed by atoms with van der Waals surface area (Å²) in [4.78, 5) is 14.4. The molecule has 0 atom stereocenters. The summed E-state index contributed by atoms with van der Waals surface area (Å²) >= 11 is 0. The lowest BCUT2D eigenvalue weighted by Gasteiger charge is -2.17. The summed E-state index contributed by atoms with van der Waals surface area (Å²) < 4.78 is 4.95. The molecule has 7 nitrogen and oxygen atoms in total. The van der Waals surface area contributed by atoms with E-state index < -0.39 is 0 Å². The summed E-state index contributed by atoms with van der Waals surface area (Å²) in [6, 6.07) is 11.7. The lowest BCUT2D eigenvalue weighted by molar-refractivity contribution is 0.0942. The van der Waals surface area contributed by atoms with Crippen molar-refractivity contribution in [1.82, 2.24) is 15.5 Å². The van der Waals surface area contributed by atoms with E-state index in [0.29, 0.717) is 24.7 Å². The maximum Gasteiger partial charge on any atom is 0.271 e. The topological polar surface area (TPSA) is 79.4 Å². The average molecular weight is 355 g/mol. The van der Waals surface area contributed by atoms with E-state index in [0.717, 1.165) is 25.2 Å². The minimum atomic E-state index is -0.227. The molecule has 138 valence electrons. The summed E-state index contributed by atoms with van der Waals surface area (Å²) in [6.45, 7) is 3.43. The van der Waals surface area contributed by atoms with Crippen LogP contribution in [0.1, 0.15) is 29.8 Å². The zero-order chi connectivity index (χ0) is 18.2. The first-order valence-corrected chi connectivity index (χ1v) is 8.99. The van der Waals surface area contributed by atoms with Gasteiger partial charge in [0, 0.05) is 44.7 Å². The van der Waals surface area contributed by atoms with Crippen molar-refractivity contribution >= 4 is 23.1 Å². The maximum atomic E-state index is 12.0. The maximum absolute atomic E-state index is 12.0. The predicted octanol–water partition coefficient (Wildman–Crippen LogP) is 2.59. The van der Waals surface area contributed by atoms with Crippen molar-refractivity contribution < 1.29 is 9.53 Å². The van der Waals surface area contributed by atoms with Crippen LogP contribution >= 0.6 is 0 Å². The molecule has 0 aliphatic carbocycles. The molecule has 0 saturated carbocycles. The molecule has 2 N–H and O–H groups in total. The number of nitrogens with zero attached hydrogens (tertiary/aromatic N) is 3. The quantitative estimate of drug-likeness (QED) is 0.709. The van der Waals surface area contributed by atoms with Crippen LogP contribution in [0.5, 0.6) is 0 Å². The highest BCUT2D eigenvalue weighted by Crippen LogP contribution is 2.23. The van der Waals surface area contributed by atoms with Gasteiger partial charge in [0.25, 0.3) is 5.91 Å². The molecule has 1 fully saturated rings. The number of nitrogens with one attached hydrogen (secondary N) is 2. The Morgan fingerprint density at radius 1 is 1.12 bits per heavy atom. The van der Waals surface area contributed by atoms with Crippen molar-refractivity contribution in [3.63, 3.8) is 0 Å². The van der Waals surface area contributed by atoms with Gasteiger partial charge in [0.2, 0.25) is 0 Å². The van der Waals surface area contributed by atoms with Crippen LogP contribution in [0.4, 0.5) is 17.2 Å². The smallest absolute Gasteiger partial charge is 0.271 e. The van der Waals surface area contributed by atoms with Gasteiger partial charge in [0.05, 0.1) is 0 Å². The van der Waals surface area contributed by atoms with Gasteiger partial charge in [-0.1, -0.05) is 0 Å². The second kappa shape index (κ2) is 9.15. The minimum Gasteiger partial charge on any atom is -0.385 e. The third kappa shape index (κ3) is 4.92. The predicted molar refractivity (Wildman–Crippen MR) is 102 cm³/mol. The number of rotatable bonds is 8. The van der Waals surface area contributed by atoms with Gasteiger partial charge in [-0.15, -0.1) is 10.2 Å². The largest absolute Gasteiger partial charge is 0.385 e. The van der Waals surface area contributed by atoms with E-state index in [1.54, 1.807) is 19.2 Å². The molecule has 7 heteroatoms. The molecule has 2 heterocycles. The Morgan fingerprint density at radius 3 is 2.54 bits per heavy atom. The Morgan fingerprint density at radius 2 is 1.88 bits per heavy atom. The summed E-state index contributed by atoms with van der Waals surface area (Å²) in [5, 5.41) is 14.1. The number of hydrogen-bond acceptors (Lipinski definition) is 6. The normalized spacial score (nSPS) is 13.7. The van der Waals surface area contributed by atoms with Gasteiger partial charge in [-0.3, -0.25) is 4.79 Å². The van der Waals surface area contributed by atoms with Gasteiger partial charge in [0.15, 0.2) is 11.5 Å². The van der Waals surface area contributed by atoms with Gasteiger partial charge in [0.1, 0.15) is 0 Å². The molecular formula is C19H25N5O2. The molecular weight excluding hydrogens is 330 g/mol. The lowest BCUT2D eigenvalue weighted by atomic mass is 10.2. The average Bonchev–Trinajstić information content (AvgIpc) is 3.21. The molecule has 0 radical (unpaired) electrons. The number of anilines is 3. The van der Waals surface area contributed by atoms with Crippen LogP contribution in [-0.4, -0.2) is 49.5 Å². The molecule has 0 spiro atoms. The number of carbonyl (C=O) groups excluding carboxylic acids is 1. The Balaban J connectivity index is 1.52. The van der Waals surface area contributed by atoms with Gasteiger partial charge in [-0.2, -0.15) is 0 Å². The van der Waals surface area contributed by atoms with Crippen LogP contribution in [0, 0.1) is 0 Å². The molecule has 0 unspecified atom stereocenters. The zero-order valence-electron chi connectivity index (χ0n) is 15.1. The summed E-state index contributed by atoms with van der Waals surface area (Å²) in [6.07, 6.45) is 3.30. The van der Waals surface area contributed by atoms with Crippen LogP contribution in [0.15, 0.2) is 36.4 Å². The Hall–Kier alpha value is -2.67. The van der Waals surface area contributed by atoms with Crippen molar-refractivity contribution in [1.29, 1.82) is 0 Å². The molecule has 1 amide bonds. The molecule has 0 bridgehead atoms. The molecule has 1 aliphatic rings. The van der Waals surface area contributed by atoms with E-state index in [2.05, 4.69) is 37.9 Å². The highest BCUT2D eigenvalue weighted by atomic mass is 16.5. The molecule has 1 saturated heterocycles. The van der Waals surface area contributed by atoms with E-state index in [9.17, 15) is 4.79 Å². The summed E-state index contributed by atoms with van der Waals surface area (Å²) in [7, 11) is 1.64. The fraction of sp³-hybridized carbons (Fsp3) is 0.421. The minimum absolute atomic E-state index is 0.227. The molecule has 3 rings (SSSR count). The first-order chi connectivity index (χ1) is 12.8. The third-order valence-electron chi connectivity index (χ3n) is 4.32. The van der Waals surface area contributed by atoms with Gasteiger partial charge in [-0.25, -0.2) is 0 Å². The number of ether oxygens (including phenoxy) is 1. The van der Waals surface area contributed by atoms with Gasteiger partial charge >= 0.3 is 0 Å². The molecule has 26 heavy (non-hydrogen) atoms. The molecule has 2 aromatic rings. The van der Waals surface area contributed by atoms with E-state index in [1.165, 1.54) is 18.5 Å². The molecule has 1 aromatic heterocycles. The van der Waals surface area contributed by atoms with Crippen LogP contribution in [-0.2, 0) is 4.74 Å². The van der Waals surface area contributed by atoms with Crippen molar-refractivity contribution in [2.75, 3.05) is 43.6 Å². The Kier molecular flexibility index (Phi) is 6.38. The second-order valence-electron chi connectivity index (χ2n) is 6.27. The fourth-order valence-corrected chi connectivity index (χ4v) is 2.91. The monoisotopic (exact) mass is 355 g/mol. The third-order valence-corrected chi connectivity index (χ3v) is 4.32. The summed E-state index contributed by atoms with van der Waals surface area (Å²) in [5.41, 5.74) is 2.50.